The van der Waals surface area contributed by atoms with Crippen molar-refractivity contribution in [3.05, 3.63) is 54.1 Å². The van der Waals surface area contributed by atoms with Gasteiger partial charge >= 0.3 is 0 Å². The molecule has 0 aliphatic rings. The van der Waals surface area contributed by atoms with E-state index in [0.29, 0.717) is 12.0 Å². The average molecular weight is 279 g/mol. The van der Waals surface area contributed by atoms with Gasteiger partial charge in [-0.15, -0.1) is 0 Å². The van der Waals surface area contributed by atoms with E-state index in [2.05, 4.69) is 16.7 Å². The standard InChI is InChI=1S/C17H17N3O/c1-2-5-17(21)20-15-10-8-14(9-11-15)19-16-7-4-3-6-13(16)12-18/h3-4,6-11,19H,2,5H2,1H3,(H,20,21). The number of nitriles is 1. The van der Waals surface area contributed by atoms with Crippen LogP contribution in [0.1, 0.15) is 25.3 Å². The summed E-state index contributed by atoms with van der Waals surface area (Å²) >= 11 is 0. The molecule has 0 aromatic heterocycles. The zero-order valence-corrected chi connectivity index (χ0v) is 11.9. The van der Waals surface area contributed by atoms with Crippen molar-refractivity contribution in [3.8, 4) is 6.07 Å². The van der Waals surface area contributed by atoms with Crippen LogP contribution in [0.3, 0.4) is 0 Å². The number of nitrogens with zero attached hydrogens (tertiary/aromatic N) is 1. The molecule has 0 atom stereocenters. The van der Waals surface area contributed by atoms with E-state index in [4.69, 9.17) is 5.26 Å². The summed E-state index contributed by atoms with van der Waals surface area (Å²) in [5.74, 6) is 0.0213. The molecule has 0 radical (unpaired) electrons. The van der Waals surface area contributed by atoms with Crippen molar-refractivity contribution >= 4 is 23.0 Å². The summed E-state index contributed by atoms with van der Waals surface area (Å²) < 4.78 is 0. The highest BCUT2D eigenvalue weighted by Crippen LogP contribution is 2.21. The lowest BCUT2D eigenvalue weighted by atomic mass is 10.2. The normalized spacial score (nSPS) is 9.71. The SMILES string of the molecule is CCCC(=O)Nc1ccc(Nc2ccccc2C#N)cc1. The summed E-state index contributed by atoms with van der Waals surface area (Å²) in [4.78, 5) is 11.5. The van der Waals surface area contributed by atoms with Gasteiger partial charge in [0.1, 0.15) is 6.07 Å². The molecule has 106 valence electrons. The van der Waals surface area contributed by atoms with Crippen LogP contribution in [-0.2, 0) is 4.79 Å². The molecule has 2 rings (SSSR count). The minimum absolute atomic E-state index is 0.0213. The maximum absolute atomic E-state index is 11.5. The minimum atomic E-state index is 0.0213. The Morgan fingerprint density at radius 2 is 1.76 bits per heavy atom. The maximum atomic E-state index is 11.5. The number of carbonyl (C=O) groups is 1. The maximum Gasteiger partial charge on any atom is 0.224 e. The summed E-state index contributed by atoms with van der Waals surface area (Å²) in [6, 6.07) is 16.9. The Kier molecular flexibility index (Phi) is 4.94. The molecule has 0 fully saturated rings. The highest BCUT2D eigenvalue weighted by Gasteiger charge is 2.03. The number of rotatable bonds is 5. The fourth-order valence-corrected chi connectivity index (χ4v) is 1.93. The Morgan fingerprint density at radius 3 is 2.43 bits per heavy atom. The molecule has 2 N–H and O–H groups in total. The monoisotopic (exact) mass is 279 g/mol. The first-order chi connectivity index (χ1) is 10.2. The van der Waals surface area contributed by atoms with Gasteiger partial charge in [-0.1, -0.05) is 19.1 Å². The van der Waals surface area contributed by atoms with Crippen LogP contribution < -0.4 is 10.6 Å². The second-order valence-corrected chi connectivity index (χ2v) is 4.66. The summed E-state index contributed by atoms with van der Waals surface area (Å²) in [5, 5.41) is 15.1. The molecule has 4 heteroatoms. The topological polar surface area (TPSA) is 64.9 Å². The summed E-state index contributed by atoms with van der Waals surface area (Å²) in [6.45, 7) is 1.97. The number of para-hydroxylation sites is 1. The highest BCUT2D eigenvalue weighted by atomic mass is 16.1. The van der Waals surface area contributed by atoms with E-state index in [9.17, 15) is 4.79 Å². The number of nitrogens with one attached hydrogen (secondary N) is 2. The van der Waals surface area contributed by atoms with Gasteiger partial charge in [0.05, 0.1) is 11.3 Å². The van der Waals surface area contributed by atoms with E-state index in [1.165, 1.54) is 0 Å². The average Bonchev–Trinajstić information content (AvgIpc) is 2.50. The number of benzene rings is 2. The molecular formula is C17H17N3O. The molecule has 0 heterocycles. The van der Waals surface area contributed by atoms with Crippen molar-refractivity contribution in [3.63, 3.8) is 0 Å². The molecule has 0 aliphatic carbocycles. The Balaban J connectivity index is 2.06. The first-order valence-electron chi connectivity index (χ1n) is 6.89. The van der Waals surface area contributed by atoms with Gasteiger partial charge in [0.25, 0.3) is 0 Å². The molecular weight excluding hydrogens is 262 g/mol. The van der Waals surface area contributed by atoms with Gasteiger partial charge in [0.2, 0.25) is 5.91 Å². The molecule has 2 aromatic rings. The van der Waals surface area contributed by atoms with E-state index in [-0.39, 0.29) is 5.91 Å². The summed E-state index contributed by atoms with van der Waals surface area (Å²) in [7, 11) is 0. The number of hydrogen-bond acceptors (Lipinski definition) is 3. The van der Waals surface area contributed by atoms with Crippen molar-refractivity contribution in [1.29, 1.82) is 5.26 Å². The van der Waals surface area contributed by atoms with Crippen molar-refractivity contribution in [2.45, 2.75) is 19.8 Å². The van der Waals surface area contributed by atoms with Gasteiger partial charge in [0, 0.05) is 17.8 Å². The predicted molar refractivity (Wildman–Crippen MR) is 84.4 cm³/mol. The largest absolute Gasteiger partial charge is 0.354 e. The number of carbonyl (C=O) groups excluding carboxylic acids is 1. The van der Waals surface area contributed by atoms with Crippen LogP contribution in [0.4, 0.5) is 17.1 Å². The smallest absolute Gasteiger partial charge is 0.224 e. The van der Waals surface area contributed by atoms with Crippen LogP contribution in [0.5, 0.6) is 0 Å². The summed E-state index contributed by atoms with van der Waals surface area (Å²) in [6.07, 6.45) is 1.35. The first kappa shape index (κ1) is 14.6. The lowest BCUT2D eigenvalue weighted by Crippen LogP contribution is -2.10. The third-order valence-electron chi connectivity index (χ3n) is 2.97. The Labute approximate surface area is 124 Å². The molecule has 0 saturated carbocycles. The molecule has 0 saturated heterocycles. The van der Waals surface area contributed by atoms with Crippen LogP contribution in [0, 0.1) is 11.3 Å². The van der Waals surface area contributed by atoms with Crippen LogP contribution >= 0.6 is 0 Å². The lowest BCUT2D eigenvalue weighted by Gasteiger charge is -2.09. The van der Waals surface area contributed by atoms with Gasteiger partial charge in [-0.3, -0.25) is 4.79 Å². The van der Waals surface area contributed by atoms with Crippen LogP contribution in [0.2, 0.25) is 0 Å². The molecule has 0 aliphatic heterocycles. The van der Waals surface area contributed by atoms with Gasteiger partial charge in [-0.05, 0) is 42.8 Å². The molecule has 4 nitrogen and oxygen atoms in total. The van der Waals surface area contributed by atoms with E-state index in [1.54, 1.807) is 6.07 Å². The zero-order chi connectivity index (χ0) is 15.1. The molecule has 1 amide bonds. The molecule has 0 bridgehead atoms. The Morgan fingerprint density at radius 1 is 1.10 bits per heavy atom. The number of anilines is 3. The van der Waals surface area contributed by atoms with Gasteiger partial charge < -0.3 is 10.6 Å². The Bertz CT molecular complexity index is 656. The fraction of sp³-hybridized carbons (Fsp3) is 0.176. The van der Waals surface area contributed by atoms with Gasteiger partial charge in [-0.25, -0.2) is 0 Å². The zero-order valence-electron chi connectivity index (χ0n) is 11.9. The van der Waals surface area contributed by atoms with Crippen molar-refractivity contribution in [2.24, 2.45) is 0 Å². The second kappa shape index (κ2) is 7.11. The first-order valence-corrected chi connectivity index (χ1v) is 6.89. The Hall–Kier alpha value is -2.80. The third kappa shape index (κ3) is 4.08. The van der Waals surface area contributed by atoms with E-state index in [1.807, 2.05) is 49.4 Å². The van der Waals surface area contributed by atoms with Crippen molar-refractivity contribution in [1.82, 2.24) is 0 Å². The lowest BCUT2D eigenvalue weighted by molar-refractivity contribution is -0.116. The number of hydrogen-bond donors (Lipinski definition) is 2. The summed E-state index contributed by atoms with van der Waals surface area (Å²) in [5.41, 5.74) is 3.00. The quantitative estimate of drug-likeness (QED) is 0.868. The predicted octanol–water partition coefficient (Wildman–Crippen LogP) is 4.04. The van der Waals surface area contributed by atoms with Gasteiger partial charge in [-0.2, -0.15) is 5.26 Å². The van der Waals surface area contributed by atoms with Gasteiger partial charge in [0.15, 0.2) is 0 Å². The fourth-order valence-electron chi connectivity index (χ4n) is 1.93. The van der Waals surface area contributed by atoms with Crippen LogP contribution in [0.25, 0.3) is 0 Å². The van der Waals surface area contributed by atoms with Crippen LogP contribution in [-0.4, -0.2) is 5.91 Å². The van der Waals surface area contributed by atoms with E-state index in [0.717, 1.165) is 23.5 Å². The molecule has 2 aromatic carbocycles. The van der Waals surface area contributed by atoms with Crippen LogP contribution in [0.15, 0.2) is 48.5 Å². The highest BCUT2D eigenvalue weighted by molar-refractivity contribution is 5.90. The molecule has 0 unspecified atom stereocenters. The second-order valence-electron chi connectivity index (χ2n) is 4.66. The molecule has 0 spiro atoms. The van der Waals surface area contributed by atoms with E-state index < -0.39 is 0 Å². The minimum Gasteiger partial charge on any atom is -0.354 e. The molecule has 21 heavy (non-hydrogen) atoms. The van der Waals surface area contributed by atoms with E-state index >= 15 is 0 Å². The number of amides is 1. The van der Waals surface area contributed by atoms with Crippen molar-refractivity contribution < 1.29 is 4.79 Å². The van der Waals surface area contributed by atoms with Crippen molar-refractivity contribution in [2.75, 3.05) is 10.6 Å². The third-order valence-corrected chi connectivity index (χ3v) is 2.97.